The summed E-state index contributed by atoms with van der Waals surface area (Å²) in [5.41, 5.74) is 0. The van der Waals surface area contributed by atoms with E-state index >= 15 is 0 Å². The summed E-state index contributed by atoms with van der Waals surface area (Å²) in [5.74, 6) is 0. The molecule has 8 heavy (non-hydrogen) atoms. The highest BCUT2D eigenvalue weighted by Crippen LogP contribution is 2.07. The van der Waals surface area contributed by atoms with Gasteiger partial charge in [0.25, 0.3) is 0 Å². The van der Waals surface area contributed by atoms with Crippen LogP contribution in [0.5, 0.6) is 0 Å². The Kier molecular flexibility index (Phi) is 1.83. The van der Waals surface area contributed by atoms with Gasteiger partial charge < -0.3 is 9.94 Å². The molecule has 3 heteroatoms. The van der Waals surface area contributed by atoms with Crippen molar-refractivity contribution in [3.63, 3.8) is 0 Å². The first-order chi connectivity index (χ1) is 3.83. The van der Waals surface area contributed by atoms with E-state index in [0.717, 1.165) is 13.0 Å². The highest BCUT2D eigenvalue weighted by molar-refractivity contribution is 4.68. The number of ether oxygens (including phenoxy) is 1. The van der Waals surface area contributed by atoms with Crippen LogP contribution in [-0.4, -0.2) is 36.6 Å². The minimum absolute atomic E-state index is 0.250. The van der Waals surface area contributed by atoms with Gasteiger partial charge >= 0.3 is 0 Å². The maximum atomic E-state index is 8.78. The minimum atomic E-state index is 0.250. The molecule has 0 aliphatic carbocycles. The first kappa shape index (κ1) is 6.01. The van der Waals surface area contributed by atoms with Crippen LogP contribution in [0.3, 0.4) is 0 Å². The van der Waals surface area contributed by atoms with Crippen molar-refractivity contribution in [1.82, 2.24) is 5.06 Å². The predicted octanol–water partition coefficient (Wildman–Crippen LogP) is 0.0963. The van der Waals surface area contributed by atoms with Gasteiger partial charge in [0, 0.05) is 13.7 Å². The summed E-state index contributed by atoms with van der Waals surface area (Å²) < 4.78 is 4.98. The molecular formula is C5H11NO2. The van der Waals surface area contributed by atoms with Gasteiger partial charge in [0.2, 0.25) is 0 Å². The predicted molar refractivity (Wildman–Crippen MR) is 28.8 cm³/mol. The maximum absolute atomic E-state index is 8.78. The van der Waals surface area contributed by atoms with Crippen LogP contribution in [0.15, 0.2) is 0 Å². The molecule has 1 aliphatic heterocycles. The van der Waals surface area contributed by atoms with Gasteiger partial charge in [-0.15, -0.1) is 0 Å². The van der Waals surface area contributed by atoms with E-state index in [9.17, 15) is 0 Å². The van der Waals surface area contributed by atoms with Crippen molar-refractivity contribution < 1.29 is 9.94 Å². The van der Waals surface area contributed by atoms with E-state index in [-0.39, 0.29) is 6.10 Å². The van der Waals surface area contributed by atoms with Crippen LogP contribution in [0.2, 0.25) is 0 Å². The summed E-state index contributed by atoms with van der Waals surface area (Å²) in [5, 5.41) is 10.1. The molecule has 3 nitrogen and oxygen atoms in total. The van der Waals surface area contributed by atoms with E-state index in [2.05, 4.69) is 0 Å². The molecule has 1 aliphatic rings. The Bertz CT molecular complexity index is 76.8. The Morgan fingerprint density at radius 2 is 2.50 bits per heavy atom. The monoisotopic (exact) mass is 117 g/mol. The summed E-state index contributed by atoms with van der Waals surface area (Å²) in [4.78, 5) is 0. The van der Waals surface area contributed by atoms with Crippen molar-refractivity contribution in [2.75, 3.05) is 20.2 Å². The van der Waals surface area contributed by atoms with Gasteiger partial charge in [0.1, 0.15) is 0 Å². The Morgan fingerprint density at radius 1 is 1.75 bits per heavy atom. The summed E-state index contributed by atoms with van der Waals surface area (Å²) in [7, 11) is 1.67. The normalized spacial score (nSPS) is 31.5. The molecule has 1 atom stereocenters. The fourth-order valence-corrected chi connectivity index (χ4v) is 0.903. The third-order valence-corrected chi connectivity index (χ3v) is 1.46. The molecule has 0 aromatic carbocycles. The quantitative estimate of drug-likeness (QED) is 0.528. The molecule has 0 spiro atoms. The number of hydrogen-bond acceptors (Lipinski definition) is 3. The van der Waals surface area contributed by atoms with Crippen molar-refractivity contribution in [2.24, 2.45) is 0 Å². The summed E-state index contributed by atoms with van der Waals surface area (Å²) in [6, 6.07) is 0. The molecule has 1 unspecified atom stereocenters. The topological polar surface area (TPSA) is 32.7 Å². The number of hydroxylamine groups is 2. The van der Waals surface area contributed by atoms with E-state index in [1.807, 2.05) is 0 Å². The number of nitrogens with zero attached hydrogens (tertiary/aromatic N) is 1. The molecule has 0 saturated carbocycles. The lowest BCUT2D eigenvalue weighted by Gasteiger charge is -2.05. The summed E-state index contributed by atoms with van der Waals surface area (Å²) in [6.07, 6.45) is 1.20. The lowest BCUT2D eigenvalue weighted by atomic mass is 10.3. The average molecular weight is 117 g/mol. The Labute approximate surface area is 48.8 Å². The van der Waals surface area contributed by atoms with Crippen LogP contribution < -0.4 is 0 Å². The largest absolute Gasteiger partial charge is 0.380 e. The van der Waals surface area contributed by atoms with E-state index < -0.39 is 0 Å². The molecule has 1 fully saturated rings. The Morgan fingerprint density at radius 3 is 2.75 bits per heavy atom. The lowest BCUT2D eigenvalue weighted by molar-refractivity contribution is -0.0784. The van der Waals surface area contributed by atoms with Crippen LogP contribution in [-0.2, 0) is 4.74 Å². The Balaban J connectivity index is 2.22. The average Bonchev–Trinajstić information content (AvgIpc) is 2.14. The molecule has 1 saturated heterocycles. The third-order valence-electron chi connectivity index (χ3n) is 1.46. The fraction of sp³-hybridized carbons (Fsp3) is 1.00. The SMILES string of the molecule is COC1CCN(O)C1. The molecule has 0 radical (unpaired) electrons. The summed E-state index contributed by atoms with van der Waals surface area (Å²) >= 11 is 0. The van der Waals surface area contributed by atoms with Crippen molar-refractivity contribution in [2.45, 2.75) is 12.5 Å². The zero-order valence-corrected chi connectivity index (χ0v) is 5.00. The highest BCUT2D eigenvalue weighted by atomic mass is 16.5. The fourth-order valence-electron chi connectivity index (χ4n) is 0.903. The minimum Gasteiger partial charge on any atom is -0.380 e. The first-order valence-corrected chi connectivity index (χ1v) is 2.79. The van der Waals surface area contributed by atoms with E-state index in [0.29, 0.717) is 6.54 Å². The van der Waals surface area contributed by atoms with Gasteiger partial charge in [0.15, 0.2) is 0 Å². The molecular weight excluding hydrogens is 106 g/mol. The molecule has 48 valence electrons. The molecule has 1 rings (SSSR count). The Hall–Kier alpha value is -0.120. The molecule has 0 bridgehead atoms. The van der Waals surface area contributed by atoms with Crippen molar-refractivity contribution in [3.05, 3.63) is 0 Å². The molecule has 0 aromatic heterocycles. The van der Waals surface area contributed by atoms with E-state index in [4.69, 9.17) is 9.94 Å². The molecule has 1 N–H and O–H groups in total. The van der Waals surface area contributed by atoms with Crippen molar-refractivity contribution in [1.29, 1.82) is 0 Å². The van der Waals surface area contributed by atoms with Gasteiger partial charge in [-0.3, -0.25) is 0 Å². The zero-order chi connectivity index (χ0) is 5.98. The van der Waals surface area contributed by atoms with Gasteiger partial charge in [-0.25, -0.2) is 0 Å². The van der Waals surface area contributed by atoms with E-state index in [1.54, 1.807) is 7.11 Å². The second-order valence-corrected chi connectivity index (χ2v) is 2.06. The second kappa shape index (κ2) is 2.44. The van der Waals surface area contributed by atoms with E-state index in [1.165, 1.54) is 5.06 Å². The van der Waals surface area contributed by atoms with Crippen LogP contribution in [0.1, 0.15) is 6.42 Å². The van der Waals surface area contributed by atoms with Gasteiger partial charge in [0.05, 0.1) is 12.6 Å². The first-order valence-electron chi connectivity index (χ1n) is 2.79. The highest BCUT2D eigenvalue weighted by Gasteiger charge is 2.19. The van der Waals surface area contributed by atoms with Crippen LogP contribution >= 0.6 is 0 Å². The number of rotatable bonds is 1. The lowest BCUT2D eigenvalue weighted by Crippen LogP contribution is -2.18. The second-order valence-electron chi connectivity index (χ2n) is 2.06. The van der Waals surface area contributed by atoms with Crippen molar-refractivity contribution >= 4 is 0 Å². The summed E-state index contributed by atoms with van der Waals surface area (Å²) in [6.45, 7) is 1.41. The molecule has 1 heterocycles. The third kappa shape index (κ3) is 1.18. The van der Waals surface area contributed by atoms with Gasteiger partial charge in [-0.2, -0.15) is 5.06 Å². The molecule has 0 aromatic rings. The van der Waals surface area contributed by atoms with Crippen LogP contribution in [0, 0.1) is 0 Å². The number of hydrogen-bond donors (Lipinski definition) is 1. The van der Waals surface area contributed by atoms with Gasteiger partial charge in [-0.1, -0.05) is 0 Å². The van der Waals surface area contributed by atoms with Gasteiger partial charge in [-0.05, 0) is 6.42 Å². The van der Waals surface area contributed by atoms with Crippen LogP contribution in [0.25, 0.3) is 0 Å². The smallest absolute Gasteiger partial charge is 0.0734 e. The maximum Gasteiger partial charge on any atom is 0.0734 e. The standard InChI is InChI=1S/C5H11NO2/c1-8-5-2-3-6(7)4-5/h5,7H,2-4H2,1H3. The zero-order valence-electron chi connectivity index (χ0n) is 5.00. The number of methoxy groups -OCH3 is 1. The molecule has 0 amide bonds. The van der Waals surface area contributed by atoms with Crippen molar-refractivity contribution in [3.8, 4) is 0 Å². The van der Waals surface area contributed by atoms with Crippen LogP contribution in [0.4, 0.5) is 0 Å².